The van der Waals surface area contributed by atoms with Crippen LogP contribution in [0, 0.1) is 0 Å². The lowest BCUT2D eigenvalue weighted by Crippen LogP contribution is -2.47. The molecule has 0 unspecified atom stereocenters. The molecule has 0 aliphatic carbocycles. The van der Waals surface area contributed by atoms with Crippen LogP contribution in [0.25, 0.3) is 0 Å². The third-order valence-electron chi connectivity index (χ3n) is 4.24. The molecule has 1 aliphatic rings. The molecule has 0 bridgehead atoms. The van der Waals surface area contributed by atoms with Crippen molar-refractivity contribution in [3.05, 3.63) is 29.8 Å². The first-order valence-electron chi connectivity index (χ1n) is 8.02. The molecule has 0 radical (unpaired) electrons. The van der Waals surface area contributed by atoms with E-state index in [1.54, 1.807) is 13.8 Å². The van der Waals surface area contributed by atoms with Crippen LogP contribution in [-0.2, 0) is 14.8 Å². The molecule has 1 aromatic rings. The number of amides is 1. The Morgan fingerprint density at radius 3 is 2.52 bits per heavy atom. The van der Waals surface area contributed by atoms with E-state index in [0.29, 0.717) is 13.1 Å². The van der Waals surface area contributed by atoms with Crippen LogP contribution >= 0.6 is 0 Å². The molecule has 1 aromatic carbocycles. The van der Waals surface area contributed by atoms with Crippen LogP contribution in [0.5, 0.6) is 0 Å². The fraction of sp³-hybridized carbons (Fsp3) is 0.500. The largest absolute Gasteiger partial charge is 0.548 e. The Bertz CT molecular complexity index is 760. The fourth-order valence-electron chi connectivity index (χ4n) is 2.93. The van der Waals surface area contributed by atoms with Crippen LogP contribution in [0.15, 0.2) is 29.2 Å². The van der Waals surface area contributed by atoms with Crippen molar-refractivity contribution in [1.82, 2.24) is 9.21 Å². The molecule has 0 saturated carbocycles. The zero-order chi connectivity index (χ0) is 18.8. The fourth-order valence-corrected chi connectivity index (χ4v) is 4.43. The molecular weight excluding hydrogens is 348 g/mol. The summed E-state index contributed by atoms with van der Waals surface area (Å²) in [5, 5.41) is 20.8. The Labute approximate surface area is 146 Å². The minimum Gasteiger partial charge on any atom is -0.548 e. The van der Waals surface area contributed by atoms with Gasteiger partial charge in [0.25, 0.3) is 5.91 Å². The summed E-state index contributed by atoms with van der Waals surface area (Å²) in [7, 11) is -3.74. The van der Waals surface area contributed by atoms with Crippen molar-refractivity contribution < 1.29 is 28.2 Å². The smallest absolute Gasteiger partial charge is 0.254 e. The SMILES string of the molecule is CCN(CC)S(=O)(=O)c1cccc(C(=O)N2C[C@@H](O)C[C@@H]2C(=O)[O-])c1. The first-order chi connectivity index (χ1) is 11.7. The number of likely N-dealkylation sites (tertiary alicyclic amines) is 1. The number of β-amino-alcohol motifs (C(OH)–C–C–N with tert-alkyl or cyclic N) is 1. The number of hydrogen-bond acceptors (Lipinski definition) is 6. The standard InChI is InChI=1S/C16H22N2O6S/c1-3-17(4-2)25(23,24)13-7-5-6-11(8-13)15(20)18-10-12(19)9-14(18)16(21)22/h5-8,12,14,19H,3-4,9-10H2,1-2H3,(H,21,22)/p-1/t12-,14+/m0/s1. The first-order valence-corrected chi connectivity index (χ1v) is 9.46. The van der Waals surface area contributed by atoms with Crippen LogP contribution in [0.4, 0.5) is 0 Å². The van der Waals surface area contributed by atoms with Gasteiger partial charge in [-0.1, -0.05) is 19.9 Å². The molecule has 25 heavy (non-hydrogen) atoms. The number of carbonyl (C=O) groups excluding carboxylic acids is 2. The van der Waals surface area contributed by atoms with Gasteiger partial charge in [-0.25, -0.2) is 8.42 Å². The second-order valence-corrected chi connectivity index (χ2v) is 7.74. The number of benzene rings is 1. The van der Waals surface area contributed by atoms with E-state index in [0.717, 1.165) is 4.90 Å². The number of aliphatic carboxylic acids is 1. The zero-order valence-electron chi connectivity index (χ0n) is 14.1. The van der Waals surface area contributed by atoms with Gasteiger partial charge >= 0.3 is 0 Å². The Kier molecular flexibility index (Phi) is 5.81. The van der Waals surface area contributed by atoms with Gasteiger partial charge in [0, 0.05) is 31.6 Å². The molecule has 8 nitrogen and oxygen atoms in total. The van der Waals surface area contributed by atoms with Crippen molar-refractivity contribution in [2.45, 2.75) is 37.3 Å². The van der Waals surface area contributed by atoms with Crippen molar-refractivity contribution >= 4 is 21.9 Å². The third kappa shape index (κ3) is 3.83. The maximum Gasteiger partial charge on any atom is 0.254 e. The minimum atomic E-state index is -3.74. The summed E-state index contributed by atoms with van der Waals surface area (Å²) in [4.78, 5) is 24.7. The van der Waals surface area contributed by atoms with E-state index in [1.807, 2.05) is 0 Å². The summed E-state index contributed by atoms with van der Waals surface area (Å²) in [6, 6.07) is 4.24. The minimum absolute atomic E-state index is 0.0354. The van der Waals surface area contributed by atoms with Crippen LogP contribution in [0.1, 0.15) is 30.6 Å². The number of hydrogen-bond donors (Lipinski definition) is 1. The van der Waals surface area contributed by atoms with Gasteiger partial charge in [0.05, 0.1) is 23.0 Å². The van der Waals surface area contributed by atoms with E-state index in [1.165, 1.54) is 28.6 Å². The second-order valence-electron chi connectivity index (χ2n) is 5.80. The Hall–Kier alpha value is -1.97. The molecule has 138 valence electrons. The van der Waals surface area contributed by atoms with Crippen LogP contribution in [0.3, 0.4) is 0 Å². The van der Waals surface area contributed by atoms with Crippen molar-refractivity contribution in [2.24, 2.45) is 0 Å². The van der Waals surface area contributed by atoms with Gasteiger partial charge < -0.3 is 19.9 Å². The molecule has 1 N–H and O–H groups in total. The molecule has 1 aliphatic heterocycles. The average molecular weight is 369 g/mol. The van der Waals surface area contributed by atoms with E-state index < -0.39 is 34.0 Å². The van der Waals surface area contributed by atoms with Gasteiger partial charge in [-0.3, -0.25) is 4.79 Å². The molecular formula is C16H21N2O6S-. The lowest BCUT2D eigenvalue weighted by atomic mass is 10.1. The maximum atomic E-state index is 12.6. The van der Waals surface area contributed by atoms with Crippen molar-refractivity contribution in [1.29, 1.82) is 0 Å². The van der Waals surface area contributed by atoms with Crippen molar-refractivity contribution in [3.63, 3.8) is 0 Å². The number of rotatable bonds is 6. The average Bonchev–Trinajstić information content (AvgIpc) is 2.97. The topological polar surface area (TPSA) is 118 Å². The predicted octanol–water partition coefficient (Wildman–Crippen LogP) is -0.958. The summed E-state index contributed by atoms with van der Waals surface area (Å²) in [6.07, 6.45) is -1.06. The molecule has 1 amide bonds. The van der Waals surface area contributed by atoms with E-state index in [4.69, 9.17) is 0 Å². The number of aliphatic hydroxyl groups excluding tert-OH is 1. The number of nitrogens with zero attached hydrogens (tertiary/aromatic N) is 2. The van der Waals surface area contributed by atoms with Crippen molar-refractivity contribution in [2.75, 3.05) is 19.6 Å². The van der Waals surface area contributed by atoms with E-state index in [-0.39, 0.29) is 23.4 Å². The summed E-state index contributed by atoms with van der Waals surface area (Å²) < 4.78 is 26.4. The molecule has 2 rings (SSSR count). The van der Waals surface area contributed by atoms with Gasteiger partial charge in [-0.05, 0) is 18.2 Å². The summed E-state index contributed by atoms with van der Waals surface area (Å²) in [5.41, 5.74) is 0.0496. The number of aliphatic hydroxyl groups is 1. The van der Waals surface area contributed by atoms with E-state index in [2.05, 4.69) is 0 Å². The Balaban J connectivity index is 2.35. The molecule has 0 spiro atoms. The molecule has 1 saturated heterocycles. The highest BCUT2D eigenvalue weighted by Gasteiger charge is 2.36. The number of carboxylic acids is 1. The van der Waals surface area contributed by atoms with Crippen molar-refractivity contribution in [3.8, 4) is 0 Å². The summed E-state index contributed by atoms with van der Waals surface area (Å²) >= 11 is 0. The third-order valence-corrected chi connectivity index (χ3v) is 6.28. The molecule has 1 heterocycles. The highest BCUT2D eigenvalue weighted by molar-refractivity contribution is 7.89. The van der Waals surface area contributed by atoms with Gasteiger partial charge in [-0.2, -0.15) is 4.31 Å². The number of carboxylic acid groups (broad SMARTS) is 1. The van der Waals surface area contributed by atoms with Gasteiger partial charge in [0.15, 0.2) is 0 Å². The lowest BCUT2D eigenvalue weighted by molar-refractivity contribution is -0.310. The van der Waals surface area contributed by atoms with Gasteiger partial charge in [0.1, 0.15) is 0 Å². The number of carbonyl (C=O) groups is 2. The molecule has 9 heteroatoms. The predicted molar refractivity (Wildman–Crippen MR) is 87.0 cm³/mol. The zero-order valence-corrected chi connectivity index (χ0v) is 14.9. The lowest BCUT2D eigenvalue weighted by Gasteiger charge is -2.25. The normalized spacial score (nSPS) is 20.9. The maximum absolute atomic E-state index is 12.6. The van der Waals surface area contributed by atoms with Crippen LogP contribution in [-0.4, -0.2) is 66.4 Å². The first kappa shape index (κ1) is 19.4. The summed E-state index contributed by atoms with van der Waals surface area (Å²) in [6.45, 7) is 3.88. The van der Waals surface area contributed by atoms with E-state index >= 15 is 0 Å². The van der Waals surface area contributed by atoms with Gasteiger partial charge in [-0.15, -0.1) is 0 Å². The highest BCUT2D eigenvalue weighted by Crippen LogP contribution is 2.23. The molecule has 1 fully saturated rings. The quantitative estimate of drug-likeness (QED) is 0.690. The van der Waals surface area contributed by atoms with Crippen LogP contribution < -0.4 is 5.11 Å². The summed E-state index contributed by atoms with van der Waals surface area (Å²) in [5.74, 6) is -2.10. The van der Waals surface area contributed by atoms with Gasteiger partial charge in [0.2, 0.25) is 10.0 Å². The second kappa shape index (κ2) is 7.51. The number of sulfonamides is 1. The highest BCUT2D eigenvalue weighted by atomic mass is 32.2. The monoisotopic (exact) mass is 369 g/mol. The van der Waals surface area contributed by atoms with Crippen LogP contribution in [0.2, 0.25) is 0 Å². The Morgan fingerprint density at radius 1 is 1.32 bits per heavy atom. The Morgan fingerprint density at radius 2 is 1.96 bits per heavy atom. The van der Waals surface area contributed by atoms with E-state index in [9.17, 15) is 28.2 Å². The molecule has 0 aromatic heterocycles. The molecule has 2 atom stereocenters.